The van der Waals surface area contributed by atoms with E-state index >= 15 is 0 Å². The number of aryl methyl sites for hydroxylation is 1. The Hall–Kier alpha value is -2.10. The van der Waals surface area contributed by atoms with Gasteiger partial charge in [0.2, 0.25) is 0 Å². The third-order valence-electron chi connectivity index (χ3n) is 3.95. The predicted octanol–water partition coefficient (Wildman–Crippen LogP) is 4.88. The van der Waals surface area contributed by atoms with Crippen LogP contribution in [0.25, 0.3) is 0 Å². The van der Waals surface area contributed by atoms with Crippen LogP contribution < -0.4 is 9.47 Å². The molecule has 0 atom stereocenters. The molecule has 0 aromatic heterocycles. The van der Waals surface area contributed by atoms with Crippen molar-refractivity contribution in [2.75, 3.05) is 14.2 Å². The molecule has 0 heterocycles. The summed E-state index contributed by atoms with van der Waals surface area (Å²) in [7, 11) is -0.716. The summed E-state index contributed by atoms with van der Waals surface area (Å²) >= 11 is -2.74. The zero-order valence-electron chi connectivity index (χ0n) is 15.8. The van der Waals surface area contributed by atoms with Crippen molar-refractivity contribution in [3.05, 3.63) is 85.5 Å². The van der Waals surface area contributed by atoms with Gasteiger partial charge in [0.25, 0.3) is 0 Å². The van der Waals surface area contributed by atoms with E-state index in [2.05, 4.69) is 0 Å². The van der Waals surface area contributed by atoms with Crippen LogP contribution in [0.4, 0.5) is 0 Å². The van der Waals surface area contributed by atoms with E-state index in [0.29, 0.717) is 11.5 Å². The molecule has 0 aliphatic rings. The number of halogens is 1. The average Bonchev–Trinajstić information content (AvgIpc) is 2.72. The molecule has 0 fully saturated rings. The maximum absolute atomic E-state index is 12.9. The van der Waals surface area contributed by atoms with Crippen LogP contribution in [0.5, 0.6) is 11.5 Å². The fourth-order valence-corrected chi connectivity index (χ4v) is 9.28. The second kappa shape index (κ2) is 8.93. The van der Waals surface area contributed by atoms with Crippen LogP contribution in [-0.4, -0.2) is 22.6 Å². The van der Waals surface area contributed by atoms with E-state index in [1.54, 1.807) is 38.5 Å². The van der Waals surface area contributed by atoms with Crippen molar-refractivity contribution in [2.24, 2.45) is 0 Å². The number of benzene rings is 3. The molecule has 0 spiro atoms. The summed E-state index contributed by atoms with van der Waals surface area (Å²) in [6.45, 7) is 1.91. The summed E-state index contributed by atoms with van der Waals surface area (Å²) in [6.07, 6.45) is 0. The first-order valence-electron chi connectivity index (χ1n) is 8.43. The van der Waals surface area contributed by atoms with E-state index in [1.165, 1.54) is 0 Å². The number of ether oxygens (including phenoxy) is 2. The number of methoxy groups -OCH3 is 2. The fourth-order valence-electron chi connectivity index (χ4n) is 2.39. The van der Waals surface area contributed by atoms with Gasteiger partial charge in [0, 0.05) is 0 Å². The van der Waals surface area contributed by atoms with Gasteiger partial charge in [0.05, 0.1) is 0 Å². The van der Waals surface area contributed by atoms with Crippen LogP contribution in [0.15, 0.2) is 77.7 Å². The predicted molar refractivity (Wildman–Crippen MR) is 117 cm³/mol. The number of rotatable bonds is 7. The third-order valence-corrected chi connectivity index (χ3v) is 11.3. The van der Waals surface area contributed by atoms with Crippen LogP contribution >= 0.6 is 20.2 Å². The average molecular weight is 512 g/mol. The second-order valence-corrected chi connectivity index (χ2v) is 12.4. The Bertz CT molecular complexity index is 966. The van der Waals surface area contributed by atoms with Crippen LogP contribution in [0.3, 0.4) is 0 Å². The van der Waals surface area contributed by atoms with Gasteiger partial charge in [0.15, 0.2) is 0 Å². The molecule has 3 rings (SSSR count). The Kier molecular flexibility index (Phi) is 6.58. The van der Waals surface area contributed by atoms with E-state index in [0.717, 1.165) is 12.7 Å². The molecule has 7 heteroatoms. The van der Waals surface area contributed by atoms with Gasteiger partial charge in [-0.1, -0.05) is 0 Å². The topological polar surface area (TPSA) is 61.8 Å². The van der Waals surface area contributed by atoms with Crippen molar-refractivity contribution in [1.82, 2.24) is 0 Å². The molecule has 0 bridgehead atoms. The van der Waals surface area contributed by atoms with E-state index in [4.69, 9.17) is 12.0 Å². The SMILES string of the molecule is COc1ccc(I(OS(=O)(=O)c2ccc(C)cc2)c2ccc(OC)cc2)cc1. The minimum atomic E-state index is -3.90. The Balaban J connectivity index is 2.00. The summed E-state index contributed by atoms with van der Waals surface area (Å²) in [6, 6.07) is 21.3. The van der Waals surface area contributed by atoms with Crippen LogP contribution in [-0.2, 0) is 12.6 Å². The molecule has 0 aliphatic carbocycles. The first-order chi connectivity index (χ1) is 13.4. The monoisotopic (exact) mass is 512 g/mol. The van der Waals surface area contributed by atoms with Gasteiger partial charge in [-0.15, -0.1) is 0 Å². The van der Waals surface area contributed by atoms with Gasteiger partial charge in [-0.25, -0.2) is 0 Å². The Morgan fingerprint density at radius 2 is 1.11 bits per heavy atom. The first kappa shape index (κ1) is 20.6. The quantitative estimate of drug-likeness (QED) is 0.423. The third kappa shape index (κ3) is 4.84. The molecule has 0 N–H and O–H groups in total. The molecule has 28 heavy (non-hydrogen) atoms. The van der Waals surface area contributed by atoms with E-state index in [1.807, 2.05) is 55.5 Å². The summed E-state index contributed by atoms with van der Waals surface area (Å²) < 4.78 is 43.8. The van der Waals surface area contributed by atoms with Crippen LogP contribution in [0.1, 0.15) is 5.56 Å². The van der Waals surface area contributed by atoms with Crippen molar-refractivity contribution < 1.29 is 20.4 Å². The molecule has 148 valence electrons. The maximum atomic E-state index is 12.9. The normalized spacial score (nSPS) is 11.8. The molecule has 0 aliphatic heterocycles. The first-order valence-corrected chi connectivity index (χ1v) is 12.9. The summed E-state index contributed by atoms with van der Waals surface area (Å²) in [5, 5.41) is 0. The van der Waals surface area contributed by atoms with Gasteiger partial charge in [-0.05, 0) is 0 Å². The van der Waals surface area contributed by atoms with Crippen LogP contribution in [0.2, 0.25) is 0 Å². The van der Waals surface area contributed by atoms with Gasteiger partial charge in [0.1, 0.15) is 0 Å². The number of hydrogen-bond acceptors (Lipinski definition) is 5. The summed E-state index contributed by atoms with van der Waals surface area (Å²) in [4.78, 5) is 0.155. The van der Waals surface area contributed by atoms with Crippen LogP contribution in [0, 0.1) is 14.1 Å². The van der Waals surface area contributed by atoms with Crippen molar-refractivity contribution in [2.45, 2.75) is 11.8 Å². The second-order valence-electron chi connectivity index (χ2n) is 5.90. The molecule has 3 aromatic rings. The fraction of sp³-hybridized carbons (Fsp3) is 0.143. The molecular weight excluding hydrogens is 491 g/mol. The Labute approximate surface area is 173 Å². The molecule has 0 unspecified atom stereocenters. The van der Waals surface area contributed by atoms with E-state index in [9.17, 15) is 8.42 Å². The van der Waals surface area contributed by atoms with Crippen molar-refractivity contribution in [3.8, 4) is 11.5 Å². The summed E-state index contributed by atoms with van der Waals surface area (Å²) in [5.74, 6) is 1.41. The Morgan fingerprint density at radius 1 is 0.679 bits per heavy atom. The molecule has 3 aromatic carbocycles. The van der Waals surface area contributed by atoms with Crippen molar-refractivity contribution in [3.63, 3.8) is 0 Å². The van der Waals surface area contributed by atoms with Crippen molar-refractivity contribution in [1.29, 1.82) is 0 Å². The van der Waals surface area contributed by atoms with Crippen molar-refractivity contribution >= 4 is 30.4 Å². The molecule has 0 saturated carbocycles. The minimum absolute atomic E-state index is 0.155. The van der Waals surface area contributed by atoms with Gasteiger partial charge < -0.3 is 0 Å². The molecule has 0 radical (unpaired) electrons. The molecule has 0 amide bonds. The molecular formula is C21H21IO5S. The number of hydrogen-bond donors (Lipinski definition) is 0. The molecule has 0 saturated heterocycles. The van der Waals surface area contributed by atoms with E-state index < -0.39 is 30.4 Å². The van der Waals surface area contributed by atoms with Gasteiger partial charge >= 0.3 is 174 Å². The summed E-state index contributed by atoms with van der Waals surface area (Å²) in [5.41, 5.74) is 0.986. The zero-order chi connectivity index (χ0) is 20.1. The Morgan fingerprint density at radius 3 is 1.50 bits per heavy atom. The van der Waals surface area contributed by atoms with Gasteiger partial charge in [-0.2, -0.15) is 0 Å². The standard InChI is InChI=1S/C21H21IO5S/c1-16-4-14-21(15-5-16)28(23,24)27-22(17-6-10-19(25-2)11-7-17)18-8-12-20(26-3)13-9-18/h4-15H,1-3H3. The van der Waals surface area contributed by atoms with Gasteiger partial charge in [-0.3, -0.25) is 0 Å². The zero-order valence-corrected chi connectivity index (χ0v) is 18.7. The van der Waals surface area contributed by atoms with E-state index in [-0.39, 0.29) is 4.90 Å². The molecule has 5 nitrogen and oxygen atoms in total.